The van der Waals surface area contributed by atoms with Crippen LogP contribution in [0.1, 0.15) is 12.0 Å². The lowest BCUT2D eigenvalue weighted by Crippen LogP contribution is -1.95. The van der Waals surface area contributed by atoms with Gasteiger partial charge in [0.1, 0.15) is 0 Å². The first kappa shape index (κ1) is 11.7. The molecular formula is C13H13N3S. The van der Waals surface area contributed by atoms with Gasteiger partial charge in [-0.25, -0.2) is 4.98 Å². The van der Waals surface area contributed by atoms with E-state index in [0.29, 0.717) is 6.42 Å². The Morgan fingerprint density at radius 2 is 2.12 bits per heavy atom. The van der Waals surface area contributed by atoms with Crippen molar-refractivity contribution in [2.45, 2.75) is 18.5 Å². The number of benzene rings is 1. The maximum Gasteiger partial charge on any atom is 0.172 e. The Morgan fingerprint density at radius 3 is 2.82 bits per heavy atom. The predicted molar refractivity (Wildman–Crippen MR) is 69.3 cm³/mol. The minimum atomic E-state index is 0.547. The van der Waals surface area contributed by atoms with Crippen LogP contribution in [-0.2, 0) is 0 Å². The van der Waals surface area contributed by atoms with Crippen LogP contribution in [-0.4, -0.2) is 15.3 Å². The van der Waals surface area contributed by atoms with Gasteiger partial charge >= 0.3 is 0 Å². The van der Waals surface area contributed by atoms with Crippen LogP contribution in [0.25, 0.3) is 5.69 Å². The van der Waals surface area contributed by atoms with E-state index in [2.05, 4.69) is 42.2 Å². The molecule has 0 amide bonds. The molecule has 0 aliphatic carbocycles. The van der Waals surface area contributed by atoms with E-state index in [4.69, 9.17) is 5.26 Å². The van der Waals surface area contributed by atoms with Crippen LogP contribution in [0.4, 0.5) is 0 Å². The number of aryl methyl sites for hydroxylation is 1. The fraction of sp³-hybridized carbons (Fsp3) is 0.231. The average molecular weight is 243 g/mol. The van der Waals surface area contributed by atoms with E-state index in [1.807, 2.05) is 10.8 Å². The second-order valence-corrected chi connectivity index (χ2v) is 4.73. The molecule has 0 unspecified atom stereocenters. The molecule has 1 aromatic heterocycles. The smallest absolute Gasteiger partial charge is 0.172 e. The van der Waals surface area contributed by atoms with E-state index in [9.17, 15) is 0 Å². The zero-order valence-electron chi connectivity index (χ0n) is 9.63. The molecule has 3 nitrogen and oxygen atoms in total. The highest BCUT2D eigenvalue weighted by Gasteiger charge is 2.04. The van der Waals surface area contributed by atoms with E-state index in [-0.39, 0.29) is 0 Å². The minimum absolute atomic E-state index is 0.547. The molecule has 0 fully saturated rings. The highest BCUT2D eigenvalue weighted by atomic mass is 32.2. The van der Waals surface area contributed by atoms with Gasteiger partial charge in [0.2, 0.25) is 0 Å². The van der Waals surface area contributed by atoms with E-state index in [1.165, 1.54) is 5.56 Å². The molecule has 0 N–H and O–H groups in total. The number of thioether (sulfide) groups is 1. The second-order valence-electron chi connectivity index (χ2n) is 3.67. The summed E-state index contributed by atoms with van der Waals surface area (Å²) in [7, 11) is 0. The van der Waals surface area contributed by atoms with E-state index in [0.717, 1.165) is 16.6 Å². The summed E-state index contributed by atoms with van der Waals surface area (Å²) in [4.78, 5) is 4.30. The number of aromatic nitrogens is 2. The standard InChI is InChI=1S/C13H13N3S/c1-11-3-5-12(6-4-11)16-9-8-15-13(16)17-10-2-7-14/h3-6,8-9H,2,10H2,1H3. The third kappa shape index (κ3) is 2.89. The summed E-state index contributed by atoms with van der Waals surface area (Å²) in [5.74, 6) is 0.777. The number of hydrogen-bond acceptors (Lipinski definition) is 3. The van der Waals surface area contributed by atoms with Gasteiger partial charge in [-0.2, -0.15) is 5.26 Å². The molecule has 0 aliphatic rings. The summed E-state index contributed by atoms with van der Waals surface area (Å²) in [5.41, 5.74) is 2.35. The first-order chi connectivity index (χ1) is 8.31. The minimum Gasteiger partial charge on any atom is -0.295 e. The van der Waals surface area contributed by atoms with Gasteiger partial charge in [-0.05, 0) is 19.1 Å². The molecule has 0 radical (unpaired) electrons. The van der Waals surface area contributed by atoms with Gasteiger partial charge in [-0.15, -0.1) is 0 Å². The highest BCUT2D eigenvalue weighted by molar-refractivity contribution is 7.99. The molecule has 0 atom stereocenters. The van der Waals surface area contributed by atoms with E-state index in [1.54, 1.807) is 18.0 Å². The molecule has 4 heteroatoms. The van der Waals surface area contributed by atoms with E-state index >= 15 is 0 Å². The van der Waals surface area contributed by atoms with Gasteiger partial charge in [-0.3, -0.25) is 4.57 Å². The van der Waals surface area contributed by atoms with Crippen LogP contribution in [0.3, 0.4) is 0 Å². The monoisotopic (exact) mass is 243 g/mol. The lowest BCUT2D eigenvalue weighted by molar-refractivity contribution is 0.894. The molecule has 0 spiro atoms. The van der Waals surface area contributed by atoms with Gasteiger partial charge in [0.15, 0.2) is 5.16 Å². The molecular weight excluding hydrogens is 230 g/mol. The van der Waals surface area contributed by atoms with E-state index < -0.39 is 0 Å². The predicted octanol–water partition coefficient (Wildman–Crippen LogP) is 3.19. The van der Waals surface area contributed by atoms with Gasteiger partial charge in [0.05, 0.1) is 6.07 Å². The summed E-state index contributed by atoms with van der Waals surface area (Å²) in [5, 5.41) is 9.46. The summed E-state index contributed by atoms with van der Waals surface area (Å²) in [6.45, 7) is 2.07. The van der Waals surface area contributed by atoms with Crippen LogP contribution >= 0.6 is 11.8 Å². The molecule has 17 heavy (non-hydrogen) atoms. The Morgan fingerprint density at radius 1 is 1.35 bits per heavy atom. The molecule has 2 aromatic rings. The molecule has 86 valence electrons. The summed E-state index contributed by atoms with van der Waals surface area (Å²) < 4.78 is 2.04. The molecule has 1 aromatic carbocycles. The average Bonchev–Trinajstić information content (AvgIpc) is 2.79. The number of nitriles is 1. The molecule has 0 saturated heterocycles. The molecule has 0 bridgehead atoms. The Bertz CT molecular complexity index is 522. The Hall–Kier alpha value is -1.73. The maximum absolute atomic E-state index is 8.52. The second kappa shape index (κ2) is 5.55. The number of nitrogens with zero attached hydrogens (tertiary/aromatic N) is 3. The Labute approximate surface area is 105 Å². The van der Waals surface area contributed by atoms with Crippen molar-refractivity contribution < 1.29 is 0 Å². The molecule has 0 saturated carbocycles. The summed E-state index contributed by atoms with van der Waals surface area (Å²) >= 11 is 1.61. The maximum atomic E-state index is 8.52. The summed E-state index contributed by atoms with van der Waals surface area (Å²) in [6, 6.07) is 10.5. The van der Waals surface area contributed by atoms with Crippen molar-refractivity contribution in [3.8, 4) is 11.8 Å². The number of imidazole rings is 1. The summed E-state index contributed by atoms with van der Waals surface area (Å²) in [6.07, 6.45) is 4.28. The van der Waals surface area contributed by atoms with Crippen molar-refractivity contribution in [1.29, 1.82) is 5.26 Å². The van der Waals surface area contributed by atoms with Crippen LogP contribution in [0.2, 0.25) is 0 Å². The fourth-order valence-corrected chi connectivity index (χ4v) is 2.30. The fourth-order valence-electron chi connectivity index (χ4n) is 1.49. The van der Waals surface area contributed by atoms with Crippen LogP contribution in [0.5, 0.6) is 0 Å². The lowest BCUT2D eigenvalue weighted by atomic mass is 10.2. The van der Waals surface area contributed by atoms with Crippen LogP contribution in [0, 0.1) is 18.3 Å². The normalized spacial score (nSPS) is 10.1. The topological polar surface area (TPSA) is 41.6 Å². The lowest BCUT2D eigenvalue weighted by Gasteiger charge is -2.06. The van der Waals surface area contributed by atoms with Gasteiger partial charge < -0.3 is 0 Å². The first-order valence-corrected chi connectivity index (χ1v) is 6.40. The van der Waals surface area contributed by atoms with Crippen molar-refractivity contribution in [3.05, 3.63) is 42.2 Å². The SMILES string of the molecule is Cc1ccc(-n2ccnc2SCCC#N)cc1. The number of hydrogen-bond donors (Lipinski definition) is 0. The highest BCUT2D eigenvalue weighted by Crippen LogP contribution is 2.21. The van der Waals surface area contributed by atoms with Crippen molar-refractivity contribution in [2.24, 2.45) is 0 Å². The van der Waals surface area contributed by atoms with Crippen molar-refractivity contribution in [1.82, 2.24) is 9.55 Å². The van der Waals surface area contributed by atoms with Crippen molar-refractivity contribution >= 4 is 11.8 Å². The quantitative estimate of drug-likeness (QED) is 0.611. The zero-order chi connectivity index (χ0) is 12.1. The van der Waals surface area contributed by atoms with Gasteiger partial charge in [0, 0.05) is 30.3 Å². The van der Waals surface area contributed by atoms with Crippen LogP contribution in [0.15, 0.2) is 41.8 Å². The Balaban J connectivity index is 2.19. The molecule has 0 aliphatic heterocycles. The van der Waals surface area contributed by atoms with Crippen molar-refractivity contribution in [2.75, 3.05) is 5.75 Å². The number of rotatable bonds is 4. The van der Waals surface area contributed by atoms with Gasteiger partial charge in [-0.1, -0.05) is 29.5 Å². The third-order valence-corrected chi connectivity index (χ3v) is 3.33. The van der Waals surface area contributed by atoms with Crippen molar-refractivity contribution in [3.63, 3.8) is 0 Å². The molecule has 2 rings (SSSR count). The molecule has 1 heterocycles. The van der Waals surface area contributed by atoms with Crippen LogP contribution < -0.4 is 0 Å². The zero-order valence-corrected chi connectivity index (χ0v) is 10.4. The first-order valence-electron chi connectivity index (χ1n) is 5.41. The largest absolute Gasteiger partial charge is 0.295 e. The third-order valence-electron chi connectivity index (χ3n) is 2.36. The Kier molecular flexibility index (Phi) is 3.84. The van der Waals surface area contributed by atoms with Gasteiger partial charge in [0.25, 0.3) is 0 Å².